The molecule has 8 nitrogen and oxygen atoms in total. The predicted molar refractivity (Wildman–Crippen MR) is 96.4 cm³/mol. The van der Waals surface area contributed by atoms with Crippen molar-refractivity contribution < 1.29 is 4.79 Å². The van der Waals surface area contributed by atoms with Crippen molar-refractivity contribution in [3.8, 4) is 0 Å². The van der Waals surface area contributed by atoms with Crippen LogP contribution in [0.1, 0.15) is 0 Å². The number of piperazine rings is 1. The number of aromatic nitrogens is 2. The minimum absolute atomic E-state index is 0. The van der Waals surface area contributed by atoms with E-state index >= 15 is 0 Å². The number of likely N-dealkylation sites (N-methyl/N-ethyl adjacent to an activating group) is 1. The molecule has 1 fully saturated rings. The lowest BCUT2D eigenvalue weighted by atomic mass is 10.3. The van der Waals surface area contributed by atoms with E-state index in [0.717, 1.165) is 32.1 Å². The summed E-state index contributed by atoms with van der Waals surface area (Å²) in [4.78, 5) is 29.7. The summed E-state index contributed by atoms with van der Waals surface area (Å²) in [7, 11) is 3.40. The fraction of sp³-hybridized carbons (Fsp3) is 0.538. The van der Waals surface area contributed by atoms with Gasteiger partial charge in [-0.2, -0.15) is 0 Å². The SMILES string of the molecule is CN(C)C(=O)CN=C(N)N1CCN(c2ncccn2)CC1.I. The second-order valence-electron chi connectivity index (χ2n) is 4.99. The van der Waals surface area contributed by atoms with Crippen molar-refractivity contribution in [3.05, 3.63) is 18.5 Å². The number of rotatable bonds is 3. The maximum absolute atomic E-state index is 11.5. The molecule has 122 valence electrons. The van der Waals surface area contributed by atoms with Crippen molar-refractivity contribution >= 4 is 41.8 Å². The van der Waals surface area contributed by atoms with Crippen LogP contribution in [0.4, 0.5) is 5.95 Å². The standard InChI is InChI=1S/C13H21N7O.HI/c1-18(2)11(21)10-17-12(14)19-6-8-20(9-7-19)13-15-4-3-5-16-13;/h3-5H,6-10H2,1-2H3,(H2,14,17);1H. The van der Waals surface area contributed by atoms with Crippen LogP contribution in [0.2, 0.25) is 0 Å². The highest BCUT2D eigenvalue weighted by Crippen LogP contribution is 2.09. The zero-order valence-electron chi connectivity index (χ0n) is 12.8. The number of anilines is 1. The van der Waals surface area contributed by atoms with Crippen molar-refractivity contribution in [1.29, 1.82) is 0 Å². The molecule has 1 amide bonds. The molecule has 1 aromatic heterocycles. The van der Waals surface area contributed by atoms with E-state index in [1.54, 1.807) is 32.6 Å². The first kappa shape index (κ1) is 18.4. The van der Waals surface area contributed by atoms with Crippen LogP contribution in [0.5, 0.6) is 0 Å². The van der Waals surface area contributed by atoms with Crippen LogP contribution in [0.3, 0.4) is 0 Å². The van der Waals surface area contributed by atoms with Crippen molar-refractivity contribution in [2.45, 2.75) is 0 Å². The van der Waals surface area contributed by atoms with Gasteiger partial charge in [-0.05, 0) is 6.07 Å². The number of hydrogen-bond acceptors (Lipinski definition) is 5. The molecule has 22 heavy (non-hydrogen) atoms. The summed E-state index contributed by atoms with van der Waals surface area (Å²) in [6.45, 7) is 3.12. The fourth-order valence-corrected chi connectivity index (χ4v) is 1.98. The van der Waals surface area contributed by atoms with E-state index in [9.17, 15) is 4.79 Å². The van der Waals surface area contributed by atoms with Crippen LogP contribution >= 0.6 is 24.0 Å². The molecular weight excluding hydrogens is 397 g/mol. The largest absolute Gasteiger partial charge is 0.370 e. The Morgan fingerprint density at radius 2 is 1.86 bits per heavy atom. The molecule has 0 aliphatic carbocycles. The Hall–Kier alpha value is -1.65. The summed E-state index contributed by atoms with van der Waals surface area (Å²) >= 11 is 0. The summed E-state index contributed by atoms with van der Waals surface area (Å²) in [5.74, 6) is 1.09. The average molecular weight is 419 g/mol. The molecule has 0 spiro atoms. The van der Waals surface area contributed by atoms with Gasteiger partial charge in [0.15, 0.2) is 5.96 Å². The molecule has 1 aromatic rings. The zero-order valence-corrected chi connectivity index (χ0v) is 15.2. The Balaban J connectivity index is 0.00000242. The van der Waals surface area contributed by atoms with E-state index in [4.69, 9.17) is 5.73 Å². The van der Waals surface area contributed by atoms with Gasteiger partial charge >= 0.3 is 0 Å². The smallest absolute Gasteiger partial charge is 0.243 e. The predicted octanol–water partition coefficient (Wildman–Crippen LogP) is -0.380. The normalized spacial score (nSPS) is 15.3. The molecule has 0 atom stereocenters. The van der Waals surface area contributed by atoms with Crippen LogP contribution in [-0.2, 0) is 4.79 Å². The molecule has 9 heteroatoms. The van der Waals surface area contributed by atoms with E-state index in [-0.39, 0.29) is 36.4 Å². The third-order valence-corrected chi connectivity index (χ3v) is 3.31. The maximum Gasteiger partial charge on any atom is 0.243 e. The minimum Gasteiger partial charge on any atom is -0.370 e. The molecular formula is C13H22IN7O. The molecule has 0 aromatic carbocycles. The number of carbonyl (C=O) groups is 1. The molecule has 2 heterocycles. The van der Waals surface area contributed by atoms with Crippen molar-refractivity contribution in [1.82, 2.24) is 19.8 Å². The van der Waals surface area contributed by atoms with Gasteiger partial charge in [-0.15, -0.1) is 24.0 Å². The fourth-order valence-electron chi connectivity index (χ4n) is 1.98. The third kappa shape index (κ3) is 4.97. The van der Waals surface area contributed by atoms with Gasteiger partial charge in [0.1, 0.15) is 6.54 Å². The van der Waals surface area contributed by atoms with E-state index in [1.165, 1.54) is 4.90 Å². The summed E-state index contributed by atoms with van der Waals surface area (Å²) in [5, 5.41) is 0. The van der Waals surface area contributed by atoms with Crippen LogP contribution in [0, 0.1) is 0 Å². The minimum atomic E-state index is -0.0609. The number of carbonyl (C=O) groups excluding carboxylic acids is 1. The maximum atomic E-state index is 11.5. The van der Waals surface area contributed by atoms with Gasteiger partial charge in [-0.1, -0.05) is 0 Å². The number of amides is 1. The van der Waals surface area contributed by atoms with Gasteiger partial charge in [0.2, 0.25) is 11.9 Å². The highest BCUT2D eigenvalue weighted by atomic mass is 127. The first-order valence-electron chi connectivity index (χ1n) is 6.85. The Morgan fingerprint density at radius 3 is 2.41 bits per heavy atom. The quantitative estimate of drug-likeness (QED) is 0.408. The van der Waals surface area contributed by atoms with Crippen molar-refractivity contribution in [2.75, 3.05) is 51.7 Å². The van der Waals surface area contributed by atoms with Gasteiger partial charge in [0, 0.05) is 52.7 Å². The Labute approximate surface area is 147 Å². The van der Waals surface area contributed by atoms with Gasteiger partial charge in [-0.3, -0.25) is 4.79 Å². The topological polar surface area (TPSA) is 91.0 Å². The van der Waals surface area contributed by atoms with Crippen LogP contribution in [0.15, 0.2) is 23.5 Å². The van der Waals surface area contributed by atoms with Gasteiger partial charge in [-0.25, -0.2) is 15.0 Å². The zero-order chi connectivity index (χ0) is 15.2. The first-order chi connectivity index (χ1) is 10.1. The summed E-state index contributed by atoms with van der Waals surface area (Å²) in [6, 6.07) is 1.80. The van der Waals surface area contributed by atoms with E-state index in [1.807, 2.05) is 4.90 Å². The second kappa shape index (κ2) is 8.71. The summed E-state index contributed by atoms with van der Waals surface area (Å²) in [5.41, 5.74) is 5.94. The summed E-state index contributed by atoms with van der Waals surface area (Å²) < 4.78 is 0. The van der Waals surface area contributed by atoms with Gasteiger partial charge in [0.05, 0.1) is 0 Å². The Kier molecular flexibility index (Phi) is 7.28. The van der Waals surface area contributed by atoms with Crippen LogP contribution < -0.4 is 10.6 Å². The molecule has 2 N–H and O–H groups in total. The third-order valence-electron chi connectivity index (χ3n) is 3.31. The molecule has 0 radical (unpaired) electrons. The highest BCUT2D eigenvalue weighted by Gasteiger charge is 2.20. The lowest BCUT2D eigenvalue weighted by Crippen LogP contribution is -2.51. The van der Waals surface area contributed by atoms with E-state index in [2.05, 4.69) is 19.9 Å². The molecule has 0 unspecified atom stereocenters. The molecule has 0 saturated carbocycles. The van der Waals surface area contributed by atoms with Crippen molar-refractivity contribution in [3.63, 3.8) is 0 Å². The number of aliphatic imine (C=N–C) groups is 1. The number of hydrogen-bond donors (Lipinski definition) is 1. The number of guanidine groups is 1. The lowest BCUT2D eigenvalue weighted by molar-refractivity contribution is -0.127. The monoisotopic (exact) mass is 419 g/mol. The van der Waals surface area contributed by atoms with E-state index < -0.39 is 0 Å². The van der Waals surface area contributed by atoms with E-state index in [0.29, 0.717) is 5.96 Å². The first-order valence-corrected chi connectivity index (χ1v) is 6.85. The molecule has 1 aliphatic heterocycles. The Morgan fingerprint density at radius 1 is 1.27 bits per heavy atom. The highest BCUT2D eigenvalue weighted by molar-refractivity contribution is 14.0. The number of halogens is 1. The van der Waals surface area contributed by atoms with Crippen LogP contribution in [0.25, 0.3) is 0 Å². The number of nitrogens with zero attached hydrogens (tertiary/aromatic N) is 6. The average Bonchev–Trinajstić information content (AvgIpc) is 2.53. The molecule has 2 rings (SSSR count). The second-order valence-corrected chi connectivity index (χ2v) is 4.99. The summed E-state index contributed by atoms with van der Waals surface area (Å²) in [6.07, 6.45) is 3.47. The van der Waals surface area contributed by atoms with Gasteiger partial charge in [0.25, 0.3) is 0 Å². The molecule has 1 saturated heterocycles. The van der Waals surface area contributed by atoms with Crippen molar-refractivity contribution in [2.24, 2.45) is 10.7 Å². The lowest BCUT2D eigenvalue weighted by Gasteiger charge is -2.35. The van der Waals surface area contributed by atoms with Crippen LogP contribution in [-0.4, -0.2) is 78.5 Å². The molecule has 0 bridgehead atoms. The van der Waals surface area contributed by atoms with Gasteiger partial charge < -0.3 is 20.4 Å². The molecule has 1 aliphatic rings. The Bertz CT molecular complexity index is 500. The number of nitrogens with two attached hydrogens (primary N) is 1.